The van der Waals surface area contributed by atoms with Gasteiger partial charge in [-0.2, -0.15) is 0 Å². The van der Waals surface area contributed by atoms with Gasteiger partial charge in [-0.3, -0.25) is 28.8 Å². The Morgan fingerprint density at radius 3 is 1.50 bits per heavy atom. The molecule has 0 bridgehead atoms. The zero-order valence-corrected chi connectivity index (χ0v) is 18.2. The molecule has 12 N–H and O–H groups in total. The number of hydrogen-bond donors (Lipinski definition) is 9. The number of amides is 4. The van der Waals surface area contributed by atoms with Crippen LogP contribution in [0.2, 0.25) is 0 Å². The molecule has 192 valence electrons. The Labute approximate surface area is 193 Å². The third-order valence-corrected chi connectivity index (χ3v) is 4.34. The number of primary amides is 1. The number of nitrogens with two attached hydrogens (primary N) is 3. The maximum absolute atomic E-state index is 12.6. The van der Waals surface area contributed by atoms with Gasteiger partial charge in [0.25, 0.3) is 0 Å². The molecule has 0 saturated heterocycles. The van der Waals surface area contributed by atoms with Crippen LogP contribution in [0.15, 0.2) is 0 Å². The number of carboxylic acid groups (broad SMARTS) is 3. The molecule has 0 saturated carbocycles. The maximum Gasteiger partial charge on any atom is 0.326 e. The smallest absolute Gasteiger partial charge is 0.326 e. The summed E-state index contributed by atoms with van der Waals surface area (Å²) in [6, 6.07) is -6.49. The molecule has 0 spiro atoms. The first kappa shape index (κ1) is 30.2. The van der Waals surface area contributed by atoms with Gasteiger partial charge in [0, 0.05) is 0 Å². The molecular weight excluding hydrogens is 460 g/mol. The van der Waals surface area contributed by atoms with Crippen molar-refractivity contribution in [3.63, 3.8) is 0 Å². The van der Waals surface area contributed by atoms with Crippen LogP contribution in [-0.2, 0) is 33.6 Å². The average molecular weight is 490 g/mol. The van der Waals surface area contributed by atoms with Crippen molar-refractivity contribution in [2.45, 2.75) is 62.7 Å². The van der Waals surface area contributed by atoms with Crippen LogP contribution in [0.3, 0.4) is 0 Å². The van der Waals surface area contributed by atoms with Crippen molar-refractivity contribution in [2.75, 3.05) is 6.54 Å². The van der Waals surface area contributed by atoms with E-state index in [0.717, 1.165) is 0 Å². The summed E-state index contributed by atoms with van der Waals surface area (Å²) in [5.74, 6) is -8.89. The summed E-state index contributed by atoms with van der Waals surface area (Å²) in [4.78, 5) is 81.7. The lowest BCUT2D eigenvalue weighted by Gasteiger charge is -2.24. The third-order valence-electron chi connectivity index (χ3n) is 4.34. The molecule has 16 heteroatoms. The van der Waals surface area contributed by atoms with Crippen molar-refractivity contribution < 1.29 is 48.9 Å². The number of hydrogen-bond acceptors (Lipinski definition) is 9. The maximum atomic E-state index is 12.6. The number of unbranched alkanes of at least 4 members (excludes halogenated alkanes) is 1. The van der Waals surface area contributed by atoms with Gasteiger partial charge in [0.1, 0.15) is 18.1 Å². The first-order chi connectivity index (χ1) is 15.8. The third kappa shape index (κ3) is 12.3. The highest BCUT2D eigenvalue weighted by molar-refractivity contribution is 5.97. The van der Waals surface area contributed by atoms with E-state index in [2.05, 4.69) is 5.32 Å². The van der Waals surface area contributed by atoms with Crippen LogP contribution in [0.1, 0.15) is 38.5 Å². The number of rotatable bonds is 17. The van der Waals surface area contributed by atoms with E-state index in [1.54, 1.807) is 0 Å². The first-order valence-electron chi connectivity index (χ1n) is 10.1. The van der Waals surface area contributed by atoms with E-state index in [1.807, 2.05) is 10.6 Å². The van der Waals surface area contributed by atoms with Crippen molar-refractivity contribution >= 4 is 41.5 Å². The fourth-order valence-corrected chi connectivity index (χ4v) is 2.65. The van der Waals surface area contributed by atoms with E-state index >= 15 is 0 Å². The van der Waals surface area contributed by atoms with E-state index in [0.29, 0.717) is 12.8 Å². The fourth-order valence-electron chi connectivity index (χ4n) is 2.65. The molecule has 4 amide bonds. The number of carbonyl (C=O) groups excluding carboxylic acids is 4. The normalized spacial score (nSPS) is 14.1. The Hall–Kier alpha value is -3.79. The molecule has 0 aromatic rings. The first-order valence-corrected chi connectivity index (χ1v) is 10.1. The summed E-state index contributed by atoms with van der Waals surface area (Å²) < 4.78 is 0. The van der Waals surface area contributed by atoms with Crippen LogP contribution in [0.25, 0.3) is 0 Å². The number of aliphatic carboxylic acids is 3. The van der Waals surface area contributed by atoms with Gasteiger partial charge in [0.05, 0.1) is 25.3 Å². The predicted octanol–water partition coefficient (Wildman–Crippen LogP) is -4.19. The second-order valence-corrected chi connectivity index (χ2v) is 7.28. The number of nitrogens with one attached hydrogen (secondary N) is 3. The molecule has 0 heterocycles. The lowest BCUT2D eigenvalue weighted by atomic mass is 10.1. The standard InChI is InChI=1S/C18H30N6O10/c19-4-2-1-3-9(18(33)34)22-16(31)11(7-14(28)29)24-17(32)10(6-13(26)27)23-15(30)8(20)5-12(21)25/h8-11H,1-7,19-20H2,(H2,21,25)(H,22,31)(H,23,30)(H,24,32)(H,26,27)(H,28,29)(H,33,34). The number of carbonyl (C=O) groups is 7. The van der Waals surface area contributed by atoms with Gasteiger partial charge < -0.3 is 48.5 Å². The Bertz CT molecular complexity index is 789. The lowest BCUT2D eigenvalue weighted by molar-refractivity contribution is -0.145. The molecule has 0 aromatic carbocycles. The van der Waals surface area contributed by atoms with Crippen molar-refractivity contribution in [3.05, 3.63) is 0 Å². The Balaban J connectivity index is 5.50. The van der Waals surface area contributed by atoms with Crippen LogP contribution < -0.4 is 33.2 Å². The predicted molar refractivity (Wildman–Crippen MR) is 113 cm³/mol. The van der Waals surface area contributed by atoms with Crippen LogP contribution in [0.5, 0.6) is 0 Å². The van der Waals surface area contributed by atoms with Crippen LogP contribution >= 0.6 is 0 Å². The highest BCUT2D eigenvalue weighted by atomic mass is 16.4. The Morgan fingerprint density at radius 2 is 1.12 bits per heavy atom. The van der Waals surface area contributed by atoms with Gasteiger partial charge in [0.2, 0.25) is 23.6 Å². The van der Waals surface area contributed by atoms with Gasteiger partial charge in [-0.25, -0.2) is 4.79 Å². The molecule has 0 rings (SSSR count). The Kier molecular flexibility index (Phi) is 13.4. The molecule has 4 atom stereocenters. The molecule has 16 nitrogen and oxygen atoms in total. The zero-order chi connectivity index (χ0) is 26.4. The minimum absolute atomic E-state index is 0.0124. The monoisotopic (exact) mass is 490 g/mol. The van der Waals surface area contributed by atoms with Gasteiger partial charge in [0.15, 0.2) is 0 Å². The summed E-state index contributed by atoms with van der Waals surface area (Å²) in [5, 5.41) is 33.4. The van der Waals surface area contributed by atoms with Crippen molar-refractivity contribution in [3.8, 4) is 0 Å². The fraction of sp³-hybridized carbons (Fsp3) is 0.611. The van der Waals surface area contributed by atoms with E-state index in [1.165, 1.54) is 0 Å². The lowest BCUT2D eigenvalue weighted by Crippen LogP contribution is -2.58. The summed E-state index contributed by atoms with van der Waals surface area (Å²) in [7, 11) is 0. The van der Waals surface area contributed by atoms with Crippen molar-refractivity contribution in [1.82, 2.24) is 16.0 Å². The largest absolute Gasteiger partial charge is 0.481 e. The molecule has 34 heavy (non-hydrogen) atoms. The topological polar surface area (TPSA) is 294 Å². The molecule has 0 aliphatic carbocycles. The second kappa shape index (κ2) is 15.1. The van der Waals surface area contributed by atoms with E-state index in [4.69, 9.17) is 27.4 Å². The van der Waals surface area contributed by atoms with Gasteiger partial charge in [-0.05, 0) is 25.8 Å². The molecule has 0 fully saturated rings. The summed E-state index contributed by atoms with van der Waals surface area (Å²) in [6.45, 7) is 0.289. The van der Waals surface area contributed by atoms with Gasteiger partial charge >= 0.3 is 17.9 Å². The van der Waals surface area contributed by atoms with Crippen LogP contribution in [0, 0.1) is 0 Å². The highest BCUT2D eigenvalue weighted by Crippen LogP contribution is 2.04. The van der Waals surface area contributed by atoms with Crippen molar-refractivity contribution in [2.24, 2.45) is 17.2 Å². The van der Waals surface area contributed by atoms with Crippen LogP contribution in [0.4, 0.5) is 0 Å². The quantitative estimate of drug-likeness (QED) is 0.0877. The SMILES string of the molecule is NCCCCC(NC(=O)C(CC(=O)O)NC(=O)C(CC(=O)O)NC(=O)C(N)CC(N)=O)C(=O)O. The van der Waals surface area contributed by atoms with Crippen molar-refractivity contribution in [1.29, 1.82) is 0 Å². The zero-order valence-electron chi connectivity index (χ0n) is 18.2. The molecule has 4 unspecified atom stereocenters. The summed E-state index contributed by atoms with van der Waals surface area (Å²) >= 11 is 0. The molecule has 0 aliphatic rings. The molecule has 0 radical (unpaired) electrons. The minimum Gasteiger partial charge on any atom is -0.481 e. The van der Waals surface area contributed by atoms with E-state index in [9.17, 15) is 38.7 Å². The van der Waals surface area contributed by atoms with Gasteiger partial charge in [-0.1, -0.05) is 0 Å². The Morgan fingerprint density at radius 1 is 0.676 bits per heavy atom. The average Bonchev–Trinajstić information content (AvgIpc) is 2.70. The molecular formula is C18H30N6O10. The highest BCUT2D eigenvalue weighted by Gasteiger charge is 2.32. The minimum atomic E-state index is -1.80. The van der Waals surface area contributed by atoms with Gasteiger partial charge in [-0.15, -0.1) is 0 Å². The summed E-state index contributed by atoms with van der Waals surface area (Å²) in [6.07, 6.45) is -1.73. The molecule has 0 aliphatic heterocycles. The summed E-state index contributed by atoms with van der Waals surface area (Å²) in [5.41, 5.74) is 15.7. The molecule has 0 aromatic heterocycles. The van der Waals surface area contributed by atoms with Crippen LogP contribution in [-0.4, -0.2) is 87.6 Å². The number of carboxylic acids is 3. The van der Waals surface area contributed by atoms with E-state index < -0.39 is 85.0 Å². The second-order valence-electron chi connectivity index (χ2n) is 7.28. The van der Waals surface area contributed by atoms with E-state index in [-0.39, 0.29) is 13.0 Å².